The lowest BCUT2D eigenvalue weighted by atomic mass is 9.68. The summed E-state index contributed by atoms with van der Waals surface area (Å²) in [5, 5.41) is 0. The highest BCUT2D eigenvalue weighted by molar-refractivity contribution is 5.32. The van der Waals surface area contributed by atoms with Crippen LogP contribution in [0.25, 0.3) is 0 Å². The third kappa shape index (κ3) is 5.36. The summed E-state index contributed by atoms with van der Waals surface area (Å²) in [4.78, 5) is 0. The first-order valence-corrected chi connectivity index (χ1v) is 11.2. The molecule has 0 N–H and O–H groups in total. The Bertz CT molecular complexity index is 627. The minimum absolute atomic E-state index is 0.222. The second kappa shape index (κ2) is 9.75. The second-order valence-electron chi connectivity index (χ2n) is 8.86. The van der Waals surface area contributed by atoms with Crippen LogP contribution in [0.2, 0.25) is 0 Å². The zero-order valence-electron chi connectivity index (χ0n) is 17.4. The number of benzene rings is 1. The van der Waals surface area contributed by atoms with Gasteiger partial charge in [0.15, 0.2) is 11.6 Å². The van der Waals surface area contributed by atoms with Crippen molar-refractivity contribution >= 4 is 0 Å². The van der Waals surface area contributed by atoms with Gasteiger partial charge in [-0.25, -0.2) is 4.39 Å². The topological polar surface area (TPSA) is 9.23 Å². The van der Waals surface area contributed by atoms with Crippen LogP contribution in [-0.4, -0.2) is 7.11 Å². The lowest BCUT2D eigenvalue weighted by molar-refractivity contribution is 0.156. The molecular weight excluding hydrogens is 335 g/mol. The molecule has 2 aliphatic rings. The maximum absolute atomic E-state index is 14.4. The van der Waals surface area contributed by atoms with Crippen LogP contribution in [0, 0.1) is 11.2 Å². The minimum Gasteiger partial charge on any atom is -0.494 e. The van der Waals surface area contributed by atoms with Gasteiger partial charge in [0, 0.05) is 0 Å². The molecule has 0 spiro atoms. The number of ether oxygens (including phenoxy) is 1. The molecule has 1 unspecified atom stereocenters. The van der Waals surface area contributed by atoms with Crippen molar-refractivity contribution in [1.82, 2.24) is 0 Å². The van der Waals surface area contributed by atoms with E-state index in [9.17, 15) is 4.39 Å². The monoisotopic (exact) mass is 372 g/mol. The zero-order valence-corrected chi connectivity index (χ0v) is 17.4. The molecular formula is C25H37FO. The van der Waals surface area contributed by atoms with Gasteiger partial charge in [-0.05, 0) is 86.8 Å². The van der Waals surface area contributed by atoms with E-state index in [2.05, 4.69) is 19.1 Å². The molecule has 0 amide bonds. The SMILES string of the molecule is CCC1(CCC(CC2=CCCCC2)c2ccc(OC)c(F)c2)CCCCC1. The Morgan fingerprint density at radius 2 is 1.93 bits per heavy atom. The first-order valence-electron chi connectivity index (χ1n) is 11.2. The predicted molar refractivity (Wildman–Crippen MR) is 112 cm³/mol. The molecule has 1 aromatic rings. The van der Waals surface area contributed by atoms with E-state index in [1.54, 1.807) is 11.6 Å². The van der Waals surface area contributed by atoms with Crippen LogP contribution in [-0.2, 0) is 0 Å². The van der Waals surface area contributed by atoms with Gasteiger partial charge in [-0.1, -0.05) is 50.3 Å². The van der Waals surface area contributed by atoms with Gasteiger partial charge in [-0.3, -0.25) is 0 Å². The Balaban J connectivity index is 1.76. The molecule has 0 bridgehead atoms. The van der Waals surface area contributed by atoms with Gasteiger partial charge in [-0.15, -0.1) is 0 Å². The molecule has 150 valence electrons. The summed E-state index contributed by atoms with van der Waals surface area (Å²) in [5.74, 6) is 0.562. The molecule has 3 rings (SSSR count). The van der Waals surface area contributed by atoms with Crippen LogP contribution >= 0.6 is 0 Å². The fraction of sp³-hybridized carbons (Fsp3) is 0.680. The molecule has 1 aromatic carbocycles. The lowest BCUT2D eigenvalue weighted by Gasteiger charge is -2.38. The second-order valence-corrected chi connectivity index (χ2v) is 8.86. The van der Waals surface area contributed by atoms with Crippen LogP contribution in [0.15, 0.2) is 29.8 Å². The van der Waals surface area contributed by atoms with Crippen molar-refractivity contribution in [3.05, 3.63) is 41.2 Å². The predicted octanol–water partition coefficient (Wildman–Crippen LogP) is 7.95. The van der Waals surface area contributed by atoms with Gasteiger partial charge in [-0.2, -0.15) is 0 Å². The van der Waals surface area contributed by atoms with Gasteiger partial charge < -0.3 is 4.74 Å². The summed E-state index contributed by atoms with van der Waals surface area (Å²) in [6, 6.07) is 5.63. The molecule has 1 saturated carbocycles. The maximum Gasteiger partial charge on any atom is 0.165 e. The van der Waals surface area contributed by atoms with Crippen molar-refractivity contribution in [3.8, 4) is 5.75 Å². The van der Waals surface area contributed by atoms with Gasteiger partial charge >= 0.3 is 0 Å². The van der Waals surface area contributed by atoms with Gasteiger partial charge in [0.1, 0.15) is 0 Å². The first kappa shape index (κ1) is 20.4. The summed E-state index contributed by atoms with van der Waals surface area (Å²) >= 11 is 0. The summed E-state index contributed by atoms with van der Waals surface area (Å²) in [6.07, 6.45) is 19.4. The minimum atomic E-state index is -0.222. The van der Waals surface area contributed by atoms with E-state index in [1.165, 1.54) is 84.2 Å². The zero-order chi connectivity index (χ0) is 19.1. The highest BCUT2D eigenvalue weighted by atomic mass is 19.1. The van der Waals surface area contributed by atoms with Crippen molar-refractivity contribution in [1.29, 1.82) is 0 Å². The van der Waals surface area contributed by atoms with Crippen molar-refractivity contribution in [2.24, 2.45) is 5.41 Å². The Kier molecular flexibility index (Phi) is 7.38. The third-order valence-electron chi connectivity index (χ3n) is 7.23. The molecule has 27 heavy (non-hydrogen) atoms. The summed E-state index contributed by atoms with van der Waals surface area (Å²) in [6.45, 7) is 2.37. The Morgan fingerprint density at radius 1 is 1.11 bits per heavy atom. The van der Waals surface area contributed by atoms with Crippen LogP contribution in [0.4, 0.5) is 4.39 Å². The van der Waals surface area contributed by atoms with Gasteiger partial charge in [0.25, 0.3) is 0 Å². The van der Waals surface area contributed by atoms with Crippen molar-refractivity contribution in [2.75, 3.05) is 7.11 Å². The molecule has 0 aromatic heterocycles. The van der Waals surface area contributed by atoms with E-state index < -0.39 is 0 Å². The Hall–Kier alpha value is -1.31. The molecule has 2 heteroatoms. The summed E-state index contributed by atoms with van der Waals surface area (Å²) in [5.41, 5.74) is 3.28. The lowest BCUT2D eigenvalue weighted by Crippen LogP contribution is -2.24. The molecule has 0 aliphatic heterocycles. The smallest absolute Gasteiger partial charge is 0.165 e. The van der Waals surface area contributed by atoms with E-state index in [0.717, 1.165) is 12.0 Å². The van der Waals surface area contributed by atoms with Crippen molar-refractivity contribution < 1.29 is 9.13 Å². The molecule has 1 fully saturated rings. The number of methoxy groups -OCH3 is 1. The highest BCUT2D eigenvalue weighted by Crippen LogP contribution is 2.45. The molecule has 0 heterocycles. The molecule has 0 radical (unpaired) electrons. The van der Waals surface area contributed by atoms with Crippen molar-refractivity contribution in [2.45, 2.75) is 96.3 Å². The van der Waals surface area contributed by atoms with E-state index in [1.807, 2.05) is 6.07 Å². The molecule has 2 aliphatic carbocycles. The Labute approximate surface area is 165 Å². The number of allylic oxidation sites excluding steroid dienone is 2. The average molecular weight is 373 g/mol. The van der Waals surface area contributed by atoms with Crippen molar-refractivity contribution in [3.63, 3.8) is 0 Å². The van der Waals surface area contributed by atoms with Crippen LogP contribution < -0.4 is 4.74 Å². The number of rotatable bonds is 8. The van der Waals surface area contributed by atoms with Gasteiger partial charge in [0.05, 0.1) is 7.11 Å². The summed E-state index contributed by atoms with van der Waals surface area (Å²) < 4.78 is 19.5. The van der Waals surface area contributed by atoms with E-state index in [4.69, 9.17) is 4.74 Å². The highest BCUT2D eigenvalue weighted by Gasteiger charge is 2.31. The summed E-state index contributed by atoms with van der Waals surface area (Å²) in [7, 11) is 1.54. The molecule has 0 saturated heterocycles. The van der Waals surface area contributed by atoms with Crippen LogP contribution in [0.1, 0.15) is 102 Å². The molecule has 1 nitrogen and oxygen atoms in total. The van der Waals surface area contributed by atoms with E-state index in [0.29, 0.717) is 17.1 Å². The fourth-order valence-electron chi connectivity index (χ4n) is 5.29. The molecule has 1 atom stereocenters. The number of halogens is 1. The number of hydrogen-bond donors (Lipinski definition) is 0. The van der Waals surface area contributed by atoms with E-state index in [-0.39, 0.29) is 5.82 Å². The fourth-order valence-corrected chi connectivity index (χ4v) is 5.29. The normalized spacial score (nSPS) is 20.8. The number of hydrogen-bond acceptors (Lipinski definition) is 1. The quantitative estimate of drug-likeness (QED) is 0.421. The third-order valence-corrected chi connectivity index (χ3v) is 7.23. The van der Waals surface area contributed by atoms with E-state index >= 15 is 0 Å². The standard InChI is InChI=1S/C25H37FO/c1-3-25(15-8-5-9-16-25)17-14-22(18-20-10-6-4-7-11-20)21-12-13-24(27-2)23(26)19-21/h10,12-13,19,22H,3-9,11,14-18H2,1-2H3. The Morgan fingerprint density at radius 3 is 2.56 bits per heavy atom. The first-order chi connectivity index (χ1) is 13.2. The van der Waals surface area contributed by atoms with Crippen LogP contribution in [0.5, 0.6) is 5.75 Å². The van der Waals surface area contributed by atoms with Gasteiger partial charge in [0.2, 0.25) is 0 Å². The maximum atomic E-state index is 14.4. The average Bonchev–Trinajstić information content (AvgIpc) is 2.72. The largest absolute Gasteiger partial charge is 0.494 e. The van der Waals surface area contributed by atoms with Crippen LogP contribution in [0.3, 0.4) is 0 Å².